The maximum Gasteiger partial charge on any atom is 0.413 e. The first-order chi connectivity index (χ1) is 13.1. The van der Waals surface area contributed by atoms with Gasteiger partial charge in [-0.2, -0.15) is 0 Å². The standard InChI is InChI=1S/C18H22FN3O5S/c1-17(2,3)27-16(23)20-15-21-18(10-26-7-6-11(18)9-28-15)13-8-12(22(24)25)4-5-14(13)19/h4-5,8,11H,6-7,9-10H2,1-3H3,(H,20,21,23)/t11-,18?/m0/s1. The average Bonchev–Trinajstić information content (AvgIpc) is 2.59. The van der Waals surface area contributed by atoms with Crippen LogP contribution < -0.4 is 5.32 Å². The van der Waals surface area contributed by atoms with Gasteiger partial charge in [-0.05, 0) is 33.3 Å². The molecule has 10 heteroatoms. The summed E-state index contributed by atoms with van der Waals surface area (Å²) in [6, 6.07) is 3.41. The largest absolute Gasteiger partial charge is 0.444 e. The fraction of sp³-hybridized carbons (Fsp3) is 0.556. The highest BCUT2D eigenvalue weighted by molar-refractivity contribution is 8.13. The van der Waals surface area contributed by atoms with E-state index in [1.54, 1.807) is 20.8 Å². The number of nitrogens with one attached hydrogen (secondary N) is 1. The number of non-ortho nitro benzene ring substituents is 1. The highest BCUT2D eigenvalue weighted by atomic mass is 32.2. The average molecular weight is 411 g/mol. The predicted octanol–water partition coefficient (Wildman–Crippen LogP) is 3.59. The monoisotopic (exact) mass is 411 g/mol. The topological polar surface area (TPSA) is 103 Å². The number of hydrogen-bond acceptors (Lipinski definition) is 7. The van der Waals surface area contributed by atoms with Gasteiger partial charge >= 0.3 is 6.09 Å². The Balaban J connectivity index is 2.00. The van der Waals surface area contributed by atoms with Gasteiger partial charge in [0.05, 0.1) is 11.5 Å². The number of rotatable bonds is 2. The fourth-order valence-corrected chi connectivity index (χ4v) is 4.50. The molecule has 0 aromatic heterocycles. The normalized spacial score (nSPS) is 24.7. The molecule has 2 aliphatic heterocycles. The van der Waals surface area contributed by atoms with Gasteiger partial charge in [-0.1, -0.05) is 11.8 Å². The summed E-state index contributed by atoms with van der Waals surface area (Å²) in [6.07, 6.45) is -0.0261. The highest BCUT2D eigenvalue weighted by Gasteiger charge is 2.48. The molecule has 1 unspecified atom stereocenters. The first kappa shape index (κ1) is 20.5. The lowest BCUT2D eigenvalue weighted by molar-refractivity contribution is -0.385. The van der Waals surface area contributed by atoms with Gasteiger partial charge in [0.25, 0.3) is 5.69 Å². The zero-order valence-corrected chi connectivity index (χ0v) is 16.7. The quantitative estimate of drug-likeness (QED) is 0.589. The van der Waals surface area contributed by atoms with Crippen LogP contribution in [-0.2, 0) is 15.0 Å². The van der Waals surface area contributed by atoms with Crippen molar-refractivity contribution in [3.05, 3.63) is 39.7 Å². The Morgan fingerprint density at radius 3 is 2.93 bits per heavy atom. The van der Waals surface area contributed by atoms with Crippen LogP contribution in [0.2, 0.25) is 0 Å². The van der Waals surface area contributed by atoms with E-state index in [4.69, 9.17) is 9.47 Å². The van der Waals surface area contributed by atoms with Crippen LogP contribution in [0.4, 0.5) is 14.9 Å². The van der Waals surface area contributed by atoms with Crippen LogP contribution in [0.15, 0.2) is 23.2 Å². The number of amides is 1. The number of nitro benzene ring substituents is 1. The second-order valence-electron chi connectivity index (χ2n) is 7.74. The molecule has 1 aromatic rings. The number of fused-ring (bicyclic) bond motifs is 1. The summed E-state index contributed by atoms with van der Waals surface area (Å²) >= 11 is 1.34. The minimum Gasteiger partial charge on any atom is -0.444 e. The van der Waals surface area contributed by atoms with Crippen molar-refractivity contribution in [2.24, 2.45) is 10.9 Å². The Bertz CT molecular complexity index is 826. The molecule has 1 amide bonds. The number of hydrogen-bond donors (Lipinski definition) is 1. The van der Waals surface area contributed by atoms with Gasteiger partial charge in [-0.3, -0.25) is 15.4 Å². The van der Waals surface area contributed by atoms with Crippen LogP contribution in [0.25, 0.3) is 0 Å². The van der Waals surface area contributed by atoms with Crippen molar-refractivity contribution in [3.8, 4) is 0 Å². The third kappa shape index (κ3) is 4.27. The third-order valence-corrected chi connectivity index (χ3v) is 5.60. The number of amidine groups is 1. The Morgan fingerprint density at radius 2 is 2.25 bits per heavy atom. The number of ether oxygens (including phenoxy) is 2. The molecule has 2 aliphatic rings. The van der Waals surface area contributed by atoms with E-state index >= 15 is 0 Å². The SMILES string of the molecule is CC(C)(C)OC(=O)NC1=NC2(c3cc([N+](=O)[O-])ccc3F)COCC[C@H]2CS1. The number of benzene rings is 1. The van der Waals surface area contributed by atoms with Gasteiger partial charge in [0, 0.05) is 36.0 Å². The minimum absolute atomic E-state index is 0.0769. The molecule has 1 aromatic carbocycles. The van der Waals surface area contributed by atoms with E-state index < -0.39 is 28.0 Å². The van der Waals surface area contributed by atoms with Gasteiger partial charge < -0.3 is 9.47 Å². The number of carbonyl (C=O) groups is 1. The molecule has 0 saturated carbocycles. The Labute approximate surface area is 166 Å². The molecule has 1 fully saturated rings. The van der Waals surface area contributed by atoms with Crippen LogP contribution in [0.3, 0.4) is 0 Å². The fourth-order valence-electron chi connectivity index (χ4n) is 3.32. The van der Waals surface area contributed by atoms with Gasteiger partial charge in [0.15, 0.2) is 5.17 Å². The summed E-state index contributed by atoms with van der Waals surface area (Å²) in [7, 11) is 0. The summed E-state index contributed by atoms with van der Waals surface area (Å²) in [5.74, 6) is -0.0968. The molecular weight excluding hydrogens is 389 g/mol. The number of nitrogens with zero attached hydrogens (tertiary/aromatic N) is 2. The van der Waals surface area contributed by atoms with Gasteiger partial charge in [0.1, 0.15) is 17.0 Å². The van der Waals surface area contributed by atoms with E-state index in [1.165, 1.54) is 17.8 Å². The smallest absolute Gasteiger partial charge is 0.413 e. The molecule has 3 rings (SSSR count). The molecule has 1 saturated heterocycles. The molecule has 1 N–H and O–H groups in total. The Kier molecular flexibility index (Phi) is 5.62. The van der Waals surface area contributed by atoms with Gasteiger partial charge in [0.2, 0.25) is 0 Å². The lowest BCUT2D eigenvalue weighted by Crippen LogP contribution is -2.49. The molecule has 28 heavy (non-hydrogen) atoms. The van der Waals surface area contributed by atoms with Crippen LogP contribution >= 0.6 is 11.8 Å². The maximum atomic E-state index is 14.7. The number of halogens is 1. The van der Waals surface area contributed by atoms with E-state index in [9.17, 15) is 19.3 Å². The van der Waals surface area contributed by atoms with Gasteiger partial charge in [-0.15, -0.1) is 0 Å². The minimum atomic E-state index is -1.13. The van der Waals surface area contributed by atoms with E-state index in [2.05, 4.69) is 10.3 Å². The first-order valence-electron chi connectivity index (χ1n) is 8.85. The van der Waals surface area contributed by atoms with Crippen LogP contribution in [0.1, 0.15) is 32.8 Å². The second kappa shape index (κ2) is 7.67. The van der Waals surface area contributed by atoms with E-state index in [0.717, 1.165) is 12.1 Å². The molecule has 152 valence electrons. The Hall–Kier alpha value is -2.20. The third-order valence-electron chi connectivity index (χ3n) is 4.57. The predicted molar refractivity (Wildman–Crippen MR) is 103 cm³/mol. The van der Waals surface area contributed by atoms with Crippen molar-refractivity contribution in [2.45, 2.75) is 38.3 Å². The molecule has 0 aliphatic carbocycles. The number of alkyl carbamates (subject to hydrolysis) is 1. The number of nitro groups is 1. The zero-order chi connectivity index (χ0) is 20.5. The summed E-state index contributed by atoms with van der Waals surface area (Å²) in [5, 5.41) is 14.1. The summed E-state index contributed by atoms with van der Waals surface area (Å²) in [5.41, 5.74) is -1.92. The summed E-state index contributed by atoms with van der Waals surface area (Å²) in [4.78, 5) is 27.3. The first-order valence-corrected chi connectivity index (χ1v) is 9.84. The summed E-state index contributed by atoms with van der Waals surface area (Å²) in [6.45, 7) is 5.82. The van der Waals surface area contributed by atoms with Crippen molar-refractivity contribution in [3.63, 3.8) is 0 Å². The summed E-state index contributed by atoms with van der Waals surface area (Å²) < 4.78 is 25.6. The van der Waals surface area contributed by atoms with Gasteiger partial charge in [-0.25, -0.2) is 14.2 Å². The van der Waals surface area contributed by atoms with E-state index in [-0.39, 0.29) is 28.9 Å². The van der Waals surface area contributed by atoms with Crippen LogP contribution in [0, 0.1) is 21.8 Å². The van der Waals surface area contributed by atoms with Crippen molar-refractivity contribution in [2.75, 3.05) is 19.0 Å². The van der Waals surface area contributed by atoms with Crippen LogP contribution in [-0.4, -0.2) is 40.8 Å². The molecule has 0 bridgehead atoms. The molecule has 2 heterocycles. The van der Waals surface area contributed by atoms with Crippen molar-refractivity contribution in [1.29, 1.82) is 0 Å². The number of carbonyl (C=O) groups excluding carboxylic acids is 1. The van der Waals surface area contributed by atoms with E-state index in [1.807, 2.05) is 0 Å². The maximum absolute atomic E-state index is 14.7. The van der Waals surface area contributed by atoms with Crippen LogP contribution in [0.5, 0.6) is 0 Å². The Morgan fingerprint density at radius 1 is 1.50 bits per heavy atom. The van der Waals surface area contributed by atoms with Crippen molar-refractivity contribution in [1.82, 2.24) is 5.32 Å². The van der Waals surface area contributed by atoms with E-state index in [0.29, 0.717) is 18.8 Å². The molecule has 0 radical (unpaired) electrons. The van der Waals surface area contributed by atoms with Crippen molar-refractivity contribution >= 4 is 28.7 Å². The molecule has 8 nitrogen and oxygen atoms in total. The zero-order valence-electron chi connectivity index (χ0n) is 15.9. The number of aliphatic imine (C=N–C) groups is 1. The lowest BCUT2D eigenvalue weighted by atomic mass is 9.76. The number of thioether (sulfide) groups is 1. The molecular formula is C18H22FN3O5S. The molecule has 0 spiro atoms. The molecule has 2 atom stereocenters. The lowest BCUT2D eigenvalue weighted by Gasteiger charge is -2.44. The highest BCUT2D eigenvalue weighted by Crippen LogP contribution is 2.46. The van der Waals surface area contributed by atoms with Crippen molar-refractivity contribution < 1.29 is 23.6 Å². The second-order valence-corrected chi connectivity index (χ2v) is 8.75.